The van der Waals surface area contributed by atoms with Gasteiger partial charge in [0, 0.05) is 32.2 Å². The van der Waals surface area contributed by atoms with Crippen LogP contribution in [0.15, 0.2) is 0 Å². The van der Waals surface area contributed by atoms with Gasteiger partial charge >= 0.3 is 0 Å². The van der Waals surface area contributed by atoms with Crippen molar-refractivity contribution in [2.24, 2.45) is 11.8 Å². The van der Waals surface area contributed by atoms with E-state index in [1.54, 1.807) is 7.11 Å². The molecule has 2 fully saturated rings. The molecule has 0 aromatic carbocycles. The second kappa shape index (κ2) is 5.83. The lowest BCUT2D eigenvalue weighted by Gasteiger charge is -2.32. The summed E-state index contributed by atoms with van der Waals surface area (Å²) in [7, 11) is 1.73. The Morgan fingerprint density at radius 2 is 2.29 bits per heavy atom. The highest BCUT2D eigenvalue weighted by atomic mass is 16.5. The maximum Gasteiger partial charge on any atom is 0.227 e. The van der Waals surface area contributed by atoms with Crippen LogP contribution in [0.1, 0.15) is 26.2 Å². The minimum absolute atomic E-state index is 0.185. The van der Waals surface area contributed by atoms with Crippen LogP contribution in [-0.2, 0) is 9.53 Å². The molecule has 17 heavy (non-hydrogen) atoms. The molecule has 3 atom stereocenters. The van der Waals surface area contributed by atoms with Gasteiger partial charge in [0.1, 0.15) is 0 Å². The van der Waals surface area contributed by atoms with Gasteiger partial charge in [-0.3, -0.25) is 4.79 Å². The van der Waals surface area contributed by atoms with E-state index >= 15 is 0 Å². The van der Waals surface area contributed by atoms with Crippen molar-refractivity contribution in [3.8, 4) is 0 Å². The molecule has 4 nitrogen and oxygen atoms in total. The summed E-state index contributed by atoms with van der Waals surface area (Å²) in [5.41, 5.74) is 0. The summed E-state index contributed by atoms with van der Waals surface area (Å²) in [6, 6.07) is 0.331. The second-order valence-corrected chi connectivity index (χ2v) is 5.39. The van der Waals surface area contributed by atoms with E-state index in [2.05, 4.69) is 12.2 Å². The third-order valence-corrected chi connectivity index (χ3v) is 4.08. The van der Waals surface area contributed by atoms with Gasteiger partial charge in [-0.2, -0.15) is 0 Å². The Hall–Kier alpha value is -0.610. The first-order valence-corrected chi connectivity index (χ1v) is 6.73. The van der Waals surface area contributed by atoms with Crippen molar-refractivity contribution in [2.75, 3.05) is 33.4 Å². The van der Waals surface area contributed by atoms with E-state index in [1.165, 1.54) is 0 Å². The minimum Gasteiger partial charge on any atom is -0.384 e. The molecule has 0 spiro atoms. The lowest BCUT2D eigenvalue weighted by atomic mass is 9.91. The molecule has 4 heteroatoms. The van der Waals surface area contributed by atoms with E-state index < -0.39 is 0 Å². The van der Waals surface area contributed by atoms with Crippen molar-refractivity contribution in [1.29, 1.82) is 0 Å². The number of methoxy groups -OCH3 is 1. The summed E-state index contributed by atoms with van der Waals surface area (Å²) in [6.45, 7) is 5.76. The molecule has 2 heterocycles. The summed E-state index contributed by atoms with van der Waals surface area (Å²) < 4.78 is 5.17. The normalized spacial score (nSPS) is 34.0. The van der Waals surface area contributed by atoms with Crippen molar-refractivity contribution in [1.82, 2.24) is 10.2 Å². The van der Waals surface area contributed by atoms with Crippen molar-refractivity contribution in [2.45, 2.75) is 32.2 Å². The third kappa shape index (κ3) is 2.99. The highest BCUT2D eigenvalue weighted by molar-refractivity contribution is 5.80. The Morgan fingerprint density at radius 3 is 3.00 bits per heavy atom. The van der Waals surface area contributed by atoms with Gasteiger partial charge < -0.3 is 15.0 Å². The summed E-state index contributed by atoms with van der Waals surface area (Å²) in [5.74, 6) is 1.07. The number of carbonyl (C=O) groups excluding carboxylic acids is 1. The predicted octanol–water partition coefficient (Wildman–Crippen LogP) is 0.869. The molecule has 1 amide bonds. The van der Waals surface area contributed by atoms with Crippen molar-refractivity contribution in [3.63, 3.8) is 0 Å². The van der Waals surface area contributed by atoms with Crippen molar-refractivity contribution < 1.29 is 9.53 Å². The molecule has 2 saturated heterocycles. The number of piperidine rings is 1. The zero-order valence-corrected chi connectivity index (χ0v) is 10.9. The van der Waals surface area contributed by atoms with Crippen LogP contribution < -0.4 is 5.32 Å². The predicted molar refractivity (Wildman–Crippen MR) is 66.8 cm³/mol. The number of nitrogens with one attached hydrogen (secondary N) is 1. The maximum atomic E-state index is 12.4. The van der Waals surface area contributed by atoms with Crippen LogP contribution in [0.3, 0.4) is 0 Å². The van der Waals surface area contributed by atoms with Gasteiger partial charge in [-0.15, -0.1) is 0 Å². The zero-order valence-electron chi connectivity index (χ0n) is 10.9. The number of carbonyl (C=O) groups is 1. The molecule has 0 radical (unpaired) electrons. The van der Waals surface area contributed by atoms with E-state index in [-0.39, 0.29) is 5.92 Å². The molecular weight excluding hydrogens is 216 g/mol. The van der Waals surface area contributed by atoms with E-state index in [0.717, 1.165) is 45.5 Å². The van der Waals surface area contributed by atoms with E-state index in [0.29, 0.717) is 17.9 Å². The number of rotatable bonds is 3. The SMILES string of the molecule is COCC1CCN(C(=O)C2CCCNC2C)C1. The summed E-state index contributed by atoms with van der Waals surface area (Å²) in [5, 5.41) is 3.40. The molecule has 0 bridgehead atoms. The molecule has 2 aliphatic heterocycles. The molecule has 0 aromatic rings. The lowest BCUT2D eigenvalue weighted by molar-refractivity contribution is -0.136. The van der Waals surface area contributed by atoms with Gasteiger partial charge in [-0.25, -0.2) is 0 Å². The van der Waals surface area contributed by atoms with Crippen LogP contribution in [0.5, 0.6) is 0 Å². The maximum absolute atomic E-state index is 12.4. The average Bonchev–Trinajstić information content (AvgIpc) is 2.78. The Labute approximate surface area is 104 Å². The highest BCUT2D eigenvalue weighted by Gasteiger charge is 2.34. The van der Waals surface area contributed by atoms with Gasteiger partial charge in [0.2, 0.25) is 5.91 Å². The second-order valence-electron chi connectivity index (χ2n) is 5.39. The minimum atomic E-state index is 0.185. The smallest absolute Gasteiger partial charge is 0.227 e. The monoisotopic (exact) mass is 240 g/mol. The molecule has 1 N–H and O–H groups in total. The number of likely N-dealkylation sites (tertiary alicyclic amines) is 1. The number of hydrogen-bond donors (Lipinski definition) is 1. The average molecular weight is 240 g/mol. The standard InChI is InChI=1S/C13H24N2O2/c1-10-12(4-3-6-14-10)13(16)15-7-5-11(8-15)9-17-2/h10-12,14H,3-9H2,1-2H3. The van der Waals surface area contributed by atoms with Crippen molar-refractivity contribution >= 4 is 5.91 Å². The van der Waals surface area contributed by atoms with Gasteiger partial charge in [0.25, 0.3) is 0 Å². The Bertz CT molecular complexity index is 270. The summed E-state index contributed by atoms with van der Waals surface area (Å²) in [6.07, 6.45) is 3.25. The lowest BCUT2D eigenvalue weighted by Crippen LogP contribution is -2.47. The molecule has 2 rings (SSSR count). The number of hydrogen-bond acceptors (Lipinski definition) is 3. The Morgan fingerprint density at radius 1 is 1.47 bits per heavy atom. The quantitative estimate of drug-likeness (QED) is 0.796. The first-order valence-electron chi connectivity index (χ1n) is 6.73. The van der Waals surface area contributed by atoms with Gasteiger partial charge in [0.15, 0.2) is 0 Å². The van der Waals surface area contributed by atoms with Crippen LogP contribution in [0.4, 0.5) is 0 Å². The van der Waals surface area contributed by atoms with Gasteiger partial charge in [-0.05, 0) is 32.7 Å². The van der Waals surface area contributed by atoms with Crippen LogP contribution in [0.2, 0.25) is 0 Å². The molecule has 2 aliphatic rings. The molecular formula is C13H24N2O2. The number of nitrogens with zero attached hydrogens (tertiary/aromatic N) is 1. The topological polar surface area (TPSA) is 41.6 Å². The molecule has 98 valence electrons. The van der Waals surface area contributed by atoms with Crippen LogP contribution >= 0.6 is 0 Å². The highest BCUT2D eigenvalue weighted by Crippen LogP contribution is 2.23. The third-order valence-electron chi connectivity index (χ3n) is 4.08. The van der Waals surface area contributed by atoms with Crippen molar-refractivity contribution in [3.05, 3.63) is 0 Å². The number of amides is 1. The summed E-state index contributed by atoms with van der Waals surface area (Å²) >= 11 is 0. The fourth-order valence-electron chi connectivity index (χ4n) is 3.02. The van der Waals surface area contributed by atoms with Crippen LogP contribution in [0.25, 0.3) is 0 Å². The first kappa shape index (κ1) is 12.8. The van der Waals surface area contributed by atoms with E-state index in [9.17, 15) is 4.79 Å². The largest absolute Gasteiger partial charge is 0.384 e. The fraction of sp³-hybridized carbons (Fsp3) is 0.923. The molecule has 0 aromatic heterocycles. The van der Waals surface area contributed by atoms with Gasteiger partial charge in [0.05, 0.1) is 12.5 Å². The summed E-state index contributed by atoms with van der Waals surface area (Å²) in [4.78, 5) is 14.4. The Kier molecular flexibility index (Phi) is 4.40. The zero-order chi connectivity index (χ0) is 12.3. The van der Waals surface area contributed by atoms with Crippen LogP contribution in [-0.4, -0.2) is 50.2 Å². The number of ether oxygens (including phenoxy) is 1. The fourth-order valence-corrected chi connectivity index (χ4v) is 3.02. The molecule has 3 unspecified atom stereocenters. The molecule has 0 aliphatic carbocycles. The van der Waals surface area contributed by atoms with Crippen LogP contribution in [0, 0.1) is 11.8 Å². The van der Waals surface area contributed by atoms with Gasteiger partial charge in [-0.1, -0.05) is 0 Å². The van der Waals surface area contributed by atoms with E-state index in [1.807, 2.05) is 4.90 Å². The Balaban J connectivity index is 1.87. The molecule has 0 saturated carbocycles. The first-order chi connectivity index (χ1) is 8.22. The van der Waals surface area contributed by atoms with E-state index in [4.69, 9.17) is 4.74 Å².